The summed E-state index contributed by atoms with van der Waals surface area (Å²) in [4.78, 5) is 48.4. The molecule has 8 aliphatic carbocycles. The van der Waals surface area contributed by atoms with Gasteiger partial charge in [0.05, 0.1) is 26.4 Å². The van der Waals surface area contributed by atoms with E-state index in [1.165, 1.54) is 38.5 Å². The fourth-order valence-electron chi connectivity index (χ4n) is 10.3. The van der Waals surface area contributed by atoms with E-state index in [2.05, 4.69) is 10.6 Å². The average Bonchev–Trinajstić information content (AvgIpc) is 2.94. The smallest absolute Gasteiger partial charge is 0.407 e. The Morgan fingerprint density at radius 2 is 0.733 bits per heavy atom. The monoisotopic (exact) mass is 634 g/mol. The van der Waals surface area contributed by atoms with Gasteiger partial charge in [-0.15, -0.1) is 0 Å². The van der Waals surface area contributed by atoms with Crippen molar-refractivity contribution in [3.63, 3.8) is 0 Å². The Bertz CT molecular complexity index is 927. The molecular formula is C33H50N2O10. The Hall–Kier alpha value is -2.60. The van der Waals surface area contributed by atoms with Crippen LogP contribution in [-0.4, -0.2) is 88.1 Å². The second-order valence-electron chi connectivity index (χ2n) is 14.8. The summed E-state index contributed by atoms with van der Waals surface area (Å²) >= 11 is 0. The first-order valence-electron chi connectivity index (χ1n) is 17.1. The molecule has 8 bridgehead atoms. The van der Waals surface area contributed by atoms with Crippen LogP contribution in [0, 0.1) is 35.5 Å². The van der Waals surface area contributed by atoms with Gasteiger partial charge in [-0.05, 0) is 113 Å². The highest BCUT2D eigenvalue weighted by molar-refractivity contribution is 5.91. The van der Waals surface area contributed by atoms with Gasteiger partial charge >= 0.3 is 24.1 Å². The van der Waals surface area contributed by atoms with Crippen molar-refractivity contribution in [1.82, 2.24) is 10.6 Å². The predicted octanol–water partition coefficient (Wildman–Crippen LogP) is 3.89. The number of hydrogen-bond acceptors (Lipinski definition) is 10. The maximum atomic E-state index is 12.3. The van der Waals surface area contributed by atoms with E-state index in [1.54, 1.807) is 0 Å². The van der Waals surface area contributed by atoms with E-state index in [1.807, 2.05) is 0 Å². The molecule has 0 spiro atoms. The number of esters is 2. The van der Waals surface area contributed by atoms with Gasteiger partial charge < -0.3 is 39.1 Å². The second kappa shape index (κ2) is 14.4. The predicted molar refractivity (Wildman–Crippen MR) is 159 cm³/mol. The third-order valence-electron chi connectivity index (χ3n) is 11.0. The van der Waals surface area contributed by atoms with Crippen LogP contribution in [0.2, 0.25) is 0 Å². The fraction of sp³-hybridized carbons (Fsp3) is 0.879. The van der Waals surface area contributed by atoms with Crippen LogP contribution in [0.1, 0.15) is 83.5 Å². The molecule has 0 aromatic carbocycles. The van der Waals surface area contributed by atoms with Gasteiger partial charge in [-0.1, -0.05) is 0 Å². The van der Waals surface area contributed by atoms with Gasteiger partial charge in [0.25, 0.3) is 0 Å². The molecular weight excluding hydrogens is 584 g/mol. The summed E-state index contributed by atoms with van der Waals surface area (Å²) in [6.07, 6.45) is 13.0. The van der Waals surface area contributed by atoms with E-state index < -0.39 is 18.4 Å². The maximum absolute atomic E-state index is 12.3. The third kappa shape index (κ3) is 8.81. The van der Waals surface area contributed by atoms with Crippen LogP contribution in [-0.2, 0) is 38.0 Å². The molecule has 0 aromatic rings. The summed E-state index contributed by atoms with van der Waals surface area (Å²) < 4.78 is 31.4. The summed E-state index contributed by atoms with van der Waals surface area (Å²) in [5.41, 5.74) is -0.174. The first kappa shape index (κ1) is 32.3. The van der Waals surface area contributed by atoms with Gasteiger partial charge in [0.15, 0.2) is 0 Å². The van der Waals surface area contributed by atoms with Gasteiger partial charge in [-0.3, -0.25) is 9.59 Å². The number of hydrogen-bond donors (Lipinski definition) is 2. The zero-order chi connectivity index (χ0) is 31.3. The minimum Gasteiger partial charge on any atom is -0.463 e. The maximum Gasteiger partial charge on any atom is 0.407 e. The molecule has 0 aromatic heterocycles. The Morgan fingerprint density at radius 3 is 1.04 bits per heavy atom. The lowest BCUT2D eigenvalue weighted by Crippen LogP contribution is -2.60. The molecule has 0 aliphatic heterocycles. The molecule has 8 rings (SSSR count). The van der Waals surface area contributed by atoms with Crippen molar-refractivity contribution >= 4 is 24.1 Å². The van der Waals surface area contributed by atoms with Gasteiger partial charge in [-0.25, -0.2) is 9.59 Å². The highest BCUT2D eigenvalue weighted by atomic mass is 16.6. The van der Waals surface area contributed by atoms with E-state index in [9.17, 15) is 19.2 Å². The van der Waals surface area contributed by atoms with E-state index in [4.69, 9.17) is 28.4 Å². The minimum absolute atomic E-state index is 0.0227. The summed E-state index contributed by atoms with van der Waals surface area (Å²) in [7, 11) is 0. The zero-order valence-electron chi connectivity index (χ0n) is 26.4. The number of ether oxygens (including phenoxy) is 6. The molecule has 2 N–H and O–H groups in total. The third-order valence-corrected chi connectivity index (χ3v) is 11.0. The molecule has 12 heteroatoms. The van der Waals surface area contributed by atoms with Crippen LogP contribution in [0.25, 0.3) is 0 Å². The largest absolute Gasteiger partial charge is 0.463 e. The normalized spacial score (nSPS) is 35.1. The number of amides is 2. The van der Waals surface area contributed by atoms with Gasteiger partial charge in [0.2, 0.25) is 0 Å². The van der Waals surface area contributed by atoms with E-state index in [0.717, 1.165) is 74.0 Å². The second-order valence-corrected chi connectivity index (χ2v) is 14.8. The van der Waals surface area contributed by atoms with E-state index >= 15 is 0 Å². The van der Waals surface area contributed by atoms with E-state index in [0.29, 0.717) is 0 Å². The van der Waals surface area contributed by atoms with Crippen molar-refractivity contribution in [1.29, 1.82) is 0 Å². The van der Waals surface area contributed by atoms with E-state index in [-0.39, 0.29) is 76.1 Å². The van der Waals surface area contributed by atoms with Crippen LogP contribution in [0.5, 0.6) is 0 Å². The van der Waals surface area contributed by atoms with Crippen LogP contribution in [0.4, 0.5) is 9.59 Å². The average molecular weight is 635 g/mol. The Morgan fingerprint density at radius 1 is 0.444 bits per heavy atom. The Balaban J connectivity index is 0.716. The molecule has 2 amide bonds. The molecule has 8 fully saturated rings. The molecule has 0 heterocycles. The Labute approximate surface area is 265 Å². The number of rotatable bonds is 16. The molecule has 0 saturated heterocycles. The summed E-state index contributed by atoms with van der Waals surface area (Å²) in [5, 5.41) is 6.31. The summed E-state index contributed by atoms with van der Waals surface area (Å²) in [6.45, 7) is 0.797. The molecule has 8 saturated carbocycles. The SMILES string of the molecule is O=C(CC(=O)OCCOCCOC(=O)NC12CC3CC(CC(C3)C1)C2)OCCOCCOC(=O)NC12CC3CC(CC(C3)C1)C2. The first-order valence-corrected chi connectivity index (χ1v) is 17.1. The number of nitrogens with one attached hydrogen (secondary N) is 2. The van der Waals surface area contributed by atoms with Gasteiger partial charge in [0, 0.05) is 11.1 Å². The zero-order valence-corrected chi connectivity index (χ0v) is 26.4. The molecule has 252 valence electrons. The summed E-state index contributed by atoms with van der Waals surface area (Å²) in [6, 6.07) is 0. The lowest BCUT2D eigenvalue weighted by atomic mass is 9.53. The minimum atomic E-state index is -0.714. The molecule has 0 atom stereocenters. The Kier molecular flexibility index (Phi) is 10.4. The van der Waals surface area contributed by atoms with Crippen molar-refractivity contribution in [3.8, 4) is 0 Å². The van der Waals surface area contributed by atoms with Crippen LogP contribution in [0.15, 0.2) is 0 Å². The van der Waals surface area contributed by atoms with Crippen molar-refractivity contribution in [2.75, 3.05) is 52.9 Å². The molecule has 8 aliphatic rings. The first-order chi connectivity index (χ1) is 21.8. The highest BCUT2D eigenvalue weighted by Gasteiger charge is 2.53. The summed E-state index contributed by atoms with van der Waals surface area (Å²) in [5.74, 6) is 3.02. The number of carbonyl (C=O) groups is 4. The number of carbonyl (C=O) groups excluding carboxylic acids is 4. The van der Waals surface area contributed by atoms with Crippen molar-refractivity contribution in [2.45, 2.75) is 94.5 Å². The van der Waals surface area contributed by atoms with Crippen molar-refractivity contribution < 1.29 is 47.6 Å². The standard InChI is InChI=1S/C33H50N2O10/c36-28(42-5-1-40-3-7-44-30(38)34-32-16-22-9-23(17-32)11-24(10-22)18-32)15-29(37)43-6-2-41-4-8-45-31(39)35-33-19-25-12-26(20-33)14-27(13-25)21-33/h22-27H,1-21H2,(H,34,38)(H,35,39). The van der Waals surface area contributed by atoms with Gasteiger partial charge in [-0.2, -0.15) is 0 Å². The molecule has 12 nitrogen and oxygen atoms in total. The highest BCUT2D eigenvalue weighted by Crippen LogP contribution is 2.56. The molecule has 0 radical (unpaired) electrons. The fourth-order valence-corrected chi connectivity index (χ4v) is 10.3. The quantitative estimate of drug-likeness (QED) is 0.111. The van der Waals surface area contributed by atoms with Crippen LogP contribution < -0.4 is 10.6 Å². The lowest BCUT2D eigenvalue weighted by molar-refractivity contribution is -0.156. The van der Waals surface area contributed by atoms with Crippen molar-refractivity contribution in [3.05, 3.63) is 0 Å². The lowest BCUT2D eigenvalue weighted by Gasteiger charge is -2.56. The number of alkyl carbamates (subject to hydrolysis) is 2. The molecule has 45 heavy (non-hydrogen) atoms. The van der Waals surface area contributed by atoms with Gasteiger partial charge in [0.1, 0.15) is 32.8 Å². The molecule has 0 unspecified atom stereocenters. The van der Waals surface area contributed by atoms with Crippen molar-refractivity contribution in [2.24, 2.45) is 35.5 Å². The van der Waals surface area contributed by atoms with Crippen LogP contribution >= 0.6 is 0 Å². The van der Waals surface area contributed by atoms with Crippen LogP contribution in [0.3, 0.4) is 0 Å². The topological polar surface area (TPSA) is 148 Å².